The second kappa shape index (κ2) is 3.47. The smallest absolute Gasteiger partial charge is 0.1000 e. The molecule has 1 aliphatic rings. The number of hydrogen-bond acceptors (Lipinski definition) is 5. The summed E-state index contributed by atoms with van der Waals surface area (Å²) in [6.45, 7) is 0.577. The first-order chi connectivity index (χ1) is 5.84. The number of nitrogens with two attached hydrogens (primary N) is 1. The Kier molecular flexibility index (Phi) is 2.34. The second-order valence-corrected chi connectivity index (χ2v) is 3.62. The third-order valence-electron chi connectivity index (χ3n) is 2.01. The van der Waals surface area contributed by atoms with Crippen molar-refractivity contribution in [3.63, 3.8) is 0 Å². The third-order valence-corrected chi connectivity index (χ3v) is 2.52. The summed E-state index contributed by atoms with van der Waals surface area (Å²) in [6.07, 6.45) is 4.06. The monoisotopic (exact) mass is 185 g/mol. The molecule has 0 amide bonds. The van der Waals surface area contributed by atoms with E-state index in [-0.39, 0.29) is 0 Å². The molecule has 1 aromatic heterocycles. The SMILES string of the molecule is NC1CC(OCc2cnsn2)C1. The minimum Gasteiger partial charge on any atom is -0.372 e. The quantitative estimate of drug-likeness (QED) is 0.746. The summed E-state index contributed by atoms with van der Waals surface area (Å²) in [6, 6.07) is 0.351. The first-order valence-electron chi connectivity index (χ1n) is 3.98. The molecule has 0 aromatic carbocycles. The lowest BCUT2D eigenvalue weighted by molar-refractivity contribution is -0.0199. The van der Waals surface area contributed by atoms with E-state index in [9.17, 15) is 0 Å². The largest absolute Gasteiger partial charge is 0.372 e. The van der Waals surface area contributed by atoms with E-state index in [4.69, 9.17) is 10.5 Å². The lowest BCUT2D eigenvalue weighted by atomic mass is 9.90. The summed E-state index contributed by atoms with van der Waals surface area (Å²) in [7, 11) is 0. The molecule has 1 saturated carbocycles. The highest BCUT2D eigenvalue weighted by molar-refractivity contribution is 6.99. The average Bonchev–Trinajstić information content (AvgIpc) is 2.47. The Morgan fingerprint density at radius 3 is 3.08 bits per heavy atom. The van der Waals surface area contributed by atoms with Gasteiger partial charge >= 0.3 is 0 Å². The number of ether oxygens (including phenoxy) is 1. The molecule has 1 heterocycles. The first-order valence-corrected chi connectivity index (χ1v) is 4.71. The van der Waals surface area contributed by atoms with Gasteiger partial charge in [-0.2, -0.15) is 8.75 Å². The molecule has 0 radical (unpaired) electrons. The Morgan fingerprint density at radius 2 is 2.50 bits per heavy atom. The zero-order valence-corrected chi connectivity index (χ0v) is 7.46. The molecule has 2 rings (SSSR count). The molecule has 1 fully saturated rings. The third kappa shape index (κ3) is 1.80. The van der Waals surface area contributed by atoms with Gasteiger partial charge in [-0.15, -0.1) is 0 Å². The normalized spacial score (nSPS) is 28.4. The van der Waals surface area contributed by atoms with E-state index in [1.54, 1.807) is 6.20 Å². The topological polar surface area (TPSA) is 61.0 Å². The highest BCUT2D eigenvalue weighted by atomic mass is 32.1. The van der Waals surface area contributed by atoms with Gasteiger partial charge in [0.1, 0.15) is 0 Å². The average molecular weight is 185 g/mol. The van der Waals surface area contributed by atoms with Crippen LogP contribution < -0.4 is 5.73 Å². The fourth-order valence-corrected chi connectivity index (χ4v) is 1.61. The zero-order chi connectivity index (χ0) is 8.39. The van der Waals surface area contributed by atoms with Gasteiger partial charge in [0.2, 0.25) is 0 Å². The van der Waals surface area contributed by atoms with Crippen LogP contribution in [0.3, 0.4) is 0 Å². The van der Waals surface area contributed by atoms with Crippen molar-refractivity contribution in [3.8, 4) is 0 Å². The van der Waals surface area contributed by atoms with Crippen molar-refractivity contribution in [3.05, 3.63) is 11.9 Å². The van der Waals surface area contributed by atoms with E-state index < -0.39 is 0 Å². The molecule has 1 aromatic rings. The Labute approximate surface area is 75.1 Å². The number of nitrogens with zero attached hydrogens (tertiary/aromatic N) is 2. The lowest BCUT2D eigenvalue weighted by Gasteiger charge is -2.31. The molecule has 0 aliphatic heterocycles. The summed E-state index contributed by atoms with van der Waals surface area (Å²) < 4.78 is 13.4. The number of hydrogen-bond donors (Lipinski definition) is 1. The summed E-state index contributed by atoms with van der Waals surface area (Å²) in [5.41, 5.74) is 6.53. The molecule has 0 spiro atoms. The highest BCUT2D eigenvalue weighted by Gasteiger charge is 2.26. The van der Waals surface area contributed by atoms with Crippen LogP contribution in [0, 0.1) is 0 Å². The summed E-state index contributed by atoms with van der Waals surface area (Å²) >= 11 is 1.21. The zero-order valence-electron chi connectivity index (χ0n) is 6.64. The van der Waals surface area contributed by atoms with Crippen molar-refractivity contribution in [2.24, 2.45) is 5.73 Å². The van der Waals surface area contributed by atoms with Crippen LogP contribution in [-0.2, 0) is 11.3 Å². The Hall–Kier alpha value is -0.520. The van der Waals surface area contributed by atoms with Crippen molar-refractivity contribution in [1.82, 2.24) is 8.75 Å². The molecule has 1 aliphatic carbocycles. The van der Waals surface area contributed by atoms with Crippen LogP contribution in [-0.4, -0.2) is 20.9 Å². The van der Waals surface area contributed by atoms with Gasteiger partial charge < -0.3 is 10.5 Å². The van der Waals surface area contributed by atoms with Gasteiger partial charge in [0.05, 0.1) is 36.3 Å². The van der Waals surface area contributed by atoms with E-state index in [1.807, 2.05) is 0 Å². The number of rotatable bonds is 3. The molecule has 0 unspecified atom stereocenters. The van der Waals surface area contributed by atoms with Gasteiger partial charge in [-0.3, -0.25) is 0 Å². The van der Waals surface area contributed by atoms with Gasteiger partial charge in [-0.05, 0) is 12.8 Å². The van der Waals surface area contributed by atoms with Gasteiger partial charge in [-0.1, -0.05) is 0 Å². The minimum atomic E-state index is 0.349. The van der Waals surface area contributed by atoms with Gasteiger partial charge in [0, 0.05) is 6.04 Å². The van der Waals surface area contributed by atoms with E-state index >= 15 is 0 Å². The Morgan fingerprint density at radius 1 is 1.67 bits per heavy atom. The summed E-state index contributed by atoms with van der Waals surface area (Å²) in [5, 5.41) is 0. The van der Waals surface area contributed by atoms with Crippen molar-refractivity contribution in [2.75, 3.05) is 0 Å². The van der Waals surface area contributed by atoms with Crippen LogP contribution in [0.4, 0.5) is 0 Å². The molecule has 2 N–H and O–H groups in total. The van der Waals surface area contributed by atoms with Crippen molar-refractivity contribution in [2.45, 2.75) is 31.6 Å². The van der Waals surface area contributed by atoms with Crippen LogP contribution >= 0.6 is 11.7 Å². The molecule has 0 bridgehead atoms. The minimum absolute atomic E-state index is 0.349. The Bertz CT molecular complexity index is 233. The standard InChI is InChI=1S/C7H11N3OS/c8-5-1-7(2-5)11-4-6-3-9-12-10-6/h3,5,7H,1-2,4,8H2. The predicted molar refractivity (Wildman–Crippen MR) is 45.7 cm³/mol. The summed E-state index contributed by atoms with van der Waals surface area (Å²) in [5.74, 6) is 0. The van der Waals surface area contributed by atoms with E-state index in [0.29, 0.717) is 18.8 Å². The molecular weight excluding hydrogens is 174 g/mol. The highest BCUT2D eigenvalue weighted by Crippen LogP contribution is 2.21. The molecule has 0 atom stereocenters. The number of aromatic nitrogens is 2. The van der Waals surface area contributed by atoms with Crippen molar-refractivity contribution >= 4 is 11.7 Å². The summed E-state index contributed by atoms with van der Waals surface area (Å²) in [4.78, 5) is 0. The second-order valence-electron chi connectivity index (χ2n) is 3.06. The van der Waals surface area contributed by atoms with Crippen LogP contribution in [0.2, 0.25) is 0 Å². The van der Waals surface area contributed by atoms with E-state index in [1.165, 1.54) is 11.7 Å². The van der Waals surface area contributed by atoms with E-state index in [0.717, 1.165) is 18.5 Å². The van der Waals surface area contributed by atoms with Crippen LogP contribution in [0.5, 0.6) is 0 Å². The molecular formula is C7H11N3OS. The van der Waals surface area contributed by atoms with Crippen LogP contribution in [0.25, 0.3) is 0 Å². The van der Waals surface area contributed by atoms with Crippen LogP contribution in [0.1, 0.15) is 18.5 Å². The molecule has 5 heteroatoms. The van der Waals surface area contributed by atoms with Gasteiger partial charge in [-0.25, -0.2) is 0 Å². The maximum Gasteiger partial charge on any atom is 0.1000 e. The van der Waals surface area contributed by atoms with Crippen molar-refractivity contribution < 1.29 is 4.74 Å². The fourth-order valence-electron chi connectivity index (χ4n) is 1.19. The van der Waals surface area contributed by atoms with Gasteiger partial charge in [0.25, 0.3) is 0 Å². The Balaban J connectivity index is 1.70. The van der Waals surface area contributed by atoms with Crippen molar-refractivity contribution in [1.29, 1.82) is 0 Å². The van der Waals surface area contributed by atoms with Crippen LogP contribution in [0.15, 0.2) is 6.20 Å². The maximum absolute atomic E-state index is 5.61. The predicted octanol–water partition coefficient (Wildman–Crippen LogP) is 0.544. The molecule has 12 heavy (non-hydrogen) atoms. The molecule has 0 saturated heterocycles. The molecule has 66 valence electrons. The van der Waals surface area contributed by atoms with E-state index in [2.05, 4.69) is 8.75 Å². The maximum atomic E-state index is 5.61. The first kappa shape index (κ1) is 8.10. The van der Waals surface area contributed by atoms with Gasteiger partial charge in [0.15, 0.2) is 0 Å². The lowest BCUT2D eigenvalue weighted by Crippen LogP contribution is -2.41. The molecule has 4 nitrogen and oxygen atoms in total. The fraction of sp³-hybridized carbons (Fsp3) is 0.714.